The number of benzene rings is 2. The molecule has 0 aliphatic rings. The van der Waals surface area contributed by atoms with Gasteiger partial charge in [0.15, 0.2) is 0 Å². The molecule has 0 saturated heterocycles. The fraction of sp³-hybridized carbons (Fsp3) is 0.176. The number of halogens is 1. The summed E-state index contributed by atoms with van der Waals surface area (Å²) in [6.07, 6.45) is 0. The fourth-order valence-electron chi connectivity index (χ4n) is 2.22. The van der Waals surface area contributed by atoms with Crippen LogP contribution in [0.15, 0.2) is 41.3 Å². The molecule has 130 valence electrons. The van der Waals surface area contributed by atoms with Crippen LogP contribution < -0.4 is 15.6 Å². The molecule has 0 fully saturated rings. The quantitative estimate of drug-likeness (QED) is 0.464. The maximum Gasteiger partial charge on any atom is 0.269 e. The molecule has 0 aliphatic carbocycles. The highest BCUT2D eigenvalue weighted by Gasteiger charge is 2.13. The lowest BCUT2D eigenvalue weighted by Gasteiger charge is -2.06. The summed E-state index contributed by atoms with van der Waals surface area (Å²) in [5, 5.41) is 1.13. The first-order valence-electron chi connectivity index (χ1n) is 7.54. The number of nitrogens with one attached hydrogen (secondary N) is 2. The van der Waals surface area contributed by atoms with Gasteiger partial charge in [-0.25, -0.2) is 4.98 Å². The fourth-order valence-corrected chi connectivity index (χ4v) is 3.99. The summed E-state index contributed by atoms with van der Waals surface area (Å²) in [6, 6.07) is 11.0. The van der Waals surface area contributed by atoms with Crippen molar-refractivity contribution in [2.24, 2.45) is 0 Å². The maximum absolute atomic E-state index is 12.2. The summed E-state index contributed by atoms with van der Waals surface area (Å²) in [5.41, 5.74) is 6.73. The average Bonchev–Trinajstić information content (AvgIpc) is 3.06. The number of anilines is 1. The van der Waals surface area contributed by atoms with Crippen LogP contribution in [-0.2, 0) is 0 Å². The number of thioether (sulfide) groups is 1. The highest BCUT2D eigenvalue weighted by atomic mass is 35.5. The Morgan fingerprint density at radius 3 is 2.72 bits per heavy atom. The molecule has 0 saturated carbocycles. The molecule has 3 rings (SSSR count). The predicted molar refractivity (Wildman–Crippen MR) is 105 cm³/mol. The van der Waals surface area contributed by atoms with Gasteiger partial charge in [-0.1, -0.05) is 29.9 Å². The minimum absolute atomic E-state index is 0.231. The smallest absolute Gasteiger partial charge is 0.269 e. The normalized spacial score (nSPS) is 10.7. The lowest BCUT2D eigenvalue weighted by atomic mass is 10.2. The van der Waals surface area contributed by atoms with E-state index in [1.54, 1.807) is 43.1 Å². The van der Waals surface area contributed by atoms with Gasteiger partial charge in [-0.05, 0) is 42.2 Å². The monoisotopic (exact) mass is 393 g/mol. The van der Waals surface area contributed by atoms with E-state index in [2.05, 4.69) is 22.8 Å². The number of carbonyl (C=O) groups excluding carboxylic acids is 1. The third kappa shape index (κ3) is 4.00. The maximum atomic E-state index is 12.2. The SMILES string of the molecule is CCSc1ccc(C(=O)NNc2nc3c(OC)ccc(Cl)c3s2)cc1. The molecule has 1 aromatic heterocycles. The molecule has 8 heteroatoms. The van der Waals surface area contributed by atoms with Crippen LogP contribution in [0.2, 0.25) is 5.02 Å². The van der Waals surface area contributed by atoms with E-state index in [9.17, 15) is 4.79 Å². The van der Waals surface area contributed by atoms with Crippen molar-refractivity contribution < 1.29 is 9.53 Å². The molecule has 0 spiro atoms. The van der Waals surface area contributed by atoms with Crippen LogP contribution in [0.25, 0.3) is 10.2 Å². The van der Waals surface area contributed by atoms with Crippen LogP contribution in [0.3, 0.4) is 0 Å². The van der Waals surface area contributed by atoms with Crippen LogP contribution in [0.4, 0.5) is 5.13 Å². The summed E-state index contributed by atoms with van der Waals surface area (Å²) < 4.78 is 6.09. The number of fused-ring (bicyclic) bond motifs is 1. The van der Waals surface area contributed by atoms with Gasteiger partial charge in [-0.15, -0.1) is 11.8 Å². The number of thiazole rings is 1. The molecule has 5 nitrogen and oxygen atoms in total. The number of rotatable bonds is 6. The zero-order chi connectivity index (χ0) is 17.8. The molecular weight excluding hydrogens is 378 g/mol. The van der Waals surface area contributed by atoms with E-state index in [-0.39, 0.29) is 5.91 Å². The lowest BCUT2D eigenvalue weighted by molar-refractivity contribution is 0.0962. The van der Waals surface area contributed by atoms with Gasteiger partial charge in [-0.3, -0.25) is 15.6 Å². The van der Waals surface area contributed by atoms with Crippen molar-refractivity contribution in [2.75, 3.05) is 18.3 Å². The first kappa shape index (κ1) is 17.8. The molecule has 0 atom stereocenters. The number of aromatic nitrogens is 1. The van der Waals surface area contributed by atoms with E-state index in [4.69, 9.17) is 16.3 Å². The Morgan fingerprint density at radius 1 is 1.28 bits per heavy atom. The van der Waals surface area contributed by atoms with Crippen molar-refractivity contribution in [1.82, 2.24) is 10.4 Å². The number of hydrogen-bond donors (Lipinski definition) is 2. The number of methoxy groups -OCH3 is 1. The molecule has 1 heterocycles. The second-order valence-electron chi connectivity index (χ2n) is 4.98. The first-order valence-corrected chi connectivity index (χ1v) is 9.72. The Morgan fingerprint density at radius 2 is 2.04 bits per heavy atom. The molecule has 0 bridgehead atoms. The average molecular weight is 394 g/mol. The molecule has 0 radical (unpaired) electrons. The standard InChI is InChI=1S/C17H16ClN3O2S2/c1-3-24-11-6-4-10(5-7-11)16(22)20-21-17-19-14-13(23-2)9-8-12(18)15(14)25-17/h4-9H,3H2,1-2H3,(H,19,21)(H,20,22). The van der Waals surface area contributed by atoms with E-state index in [0.29, 0.717) is 27.0 Å². The number of hydrogen-bond acceptors (Lipinski definition) is 6. The van der Waals surface area contributed by atoms with Crippen LogP contribution in [0.1, 0.15) is 17.3 Å². The highest BCUT2D eigenvalue weighted by molar-refractivity contribution is 7.99. The minimum Gasteiger partial charge on any atom is -0.494 e. The van der Waals surface area contributed by atoms with E-state index >= 15 is 0 Å². The molecule has 25 heavy (non-hydrogen) atoms. The summed E-state index contributed by atoms with van der Waals surface area (Å²) >= 11 is 9.28. The van der Waals surface area contributed by atoms with Crippen molar-refractivity contribution in [2.45, 2.75) is 11.8 Å². The first-order chi connectivity index (χ1) is 12.1. The van der Waals surface area contributed by atoms with Crippen molar-refractivity contribution in [3.05, 3.63) is 47.0 Å². The Labute approximate surface area is 158 Å². The summed E-state index contributed by atoms with van der Waals surface area (Å²) in [4.78, 5) is 17.8. The summed E-state index contributed by atoms with van der Waals surface area (Å²) in [7, 11) is 1.58. The molecular formula is C17H16ClN3O2S2. The van der Waals surface area contributed by atoms with E-state index < -0.39 is 0 Å². The topological polar surface area (TPSA) is 63.2 Å². The van der Waals surface area contributed by atoms with Gasteiger partial charge < -0.3 is 4.74 Å². The molecule has 1 amide bonds. The Balaban J connectivity index is 1.71. The van der Waals surface area contributed by atoms with Crippen LogP contribution in [0, 0.1) is 0 Å². The Bertz CT molecular complexity index is 897. The summed E-state index contributed by atoms with van der Waals surface area (Å²) in [6.45, 7) is 2.09. The Hall–Kier alpha value is -1.96. The predicted octanol–water partition coefficient (Wildman–Crippen LogP) is 4.83. The molecule has 2 aromatic carbocycles. The number of ether oxygens (including phenoxy) is 1. The Kier molecular flexibility index (Phi) is 5.67. The van der Waals surface area contributed by atoms with Gasteiger partial charge in [0.1, 0.15) is 11.3 Å². The number of hydrazine groups is 1. The van der Waals surface area contributed by atoms with Crippen LogP contribution in [-0.4, -0.2) is 23.8 Å². The van der Waals surface area contributed by atoms with E-state index in [1.165, 1.54) is 11.3 Å². The lowest BCUT2D eigenvalue weighted by Crippen LogP contribution is -2.29. The van der Waals surface area contributed by atoms with E-state index in [0.717, 1.165) is 15.3 Å². The van der Waals surface area contributed by atoms with Crippen molar-refractivity contribution in [1.29, 1.82) is 0 Å². The number of nitrogens with zero attached hydrogens (tertiary/aromatic N) is 1. The molecule has 2 N–H and O–H groups in total. The van der Waals surface area contributed by atoms with Gasteiger partial charge in [0, 0.05) is 10.5 Å². The highest BCUT2D eigenvalue weighted by Crippen LogP contribution is 2.37. The summed E-state index contributed by atoms with van der Waals surface area (Å²) in [5.74, 6) is 1.40. The minimum atomic E-state index is -0.231. The van der Waals surface area contributed by atoms with Gasteiger partial charge in [0.25, 0.3) is 5.91 Å². The van der Waals surface area contributed by atoms with Gasteiger partial charge >= 0.3 is 0 Å². The number of carbonyl (C=O) groups is 1. The van der Waals surface area contributed by atoms with Gasteiger partial charge in [-0.2, -0.15) is 0 Å². The largest absolute Gasteiger partial charge is 0.494 e. The van der Waals surface area contributed by atoms with Crippen LogP contribution >= 0.6 is 34.7 Å². The van der Waals surface area contributed by atoms with Gasteiger partial charge in [0.2, 0.25) is 5.13 Å². The van der Waals surface area contributed by atoms with Crippen molar-refractivity contribution in [3.8, 4) is 5.75 Å². The van der Waals surface area contributed by atoms with E-state index in [1.807, 2.05) is 12.1 Å². The van der Waals surface area contributed by atoms with Gasteiger partial charge in [0.05, 0.1) is 16.8 Å². The molecule has 0 aliphatic heterocycles. The zero-order valence-corrected chi connectivity index (χ0v) is 16.0. The van der Waals surface area contributed by atoms with Crippen LogP contribution in [0.5, 0.6) is 5.75 Å². The third-order valence-electron chi connectivity index (χ3n) is 3.39. The number of amides is 1. The van der Waals surface area contributed by atoms with Crippen molar-refractivity contribution >= 4 is 56.0 Å². The van der Waals surface area contributed by atoms with Crippen molar-refractivity contribution in [3.63, 3.8) is 0 Å². The second-order valence-corrected chi connectivity index (χ2v) is 7.73. The molecule has 3 aromatic rings. The molecule has 0 unspecified atom stereocenters. The second kappa shape index (κ2) is 7.95. The zero-order valence-electron chi connectivity index (χ0n) is 13.6. The third-order valence-corrected chi connectivity index (χ3v) is 5.71.